The molecule has 0 aromatic heterocycles. The number of nitrogens with zero attached hydrogens (tertiary/aromatic N) is 1. The molecule has 0 aliphatic heterocycles. The Morgan fingerprint density at radius 3 is 2.48 bits per heavy atom. The first-order valence-electron chi connectivity index (χ1n) is 9.95. The Kier molecular flexibility index (Phi) is 7.28. The summed E-state index contributed by atoms with van der Waals surface area (Å²) in [4.78, 5) is 13.4. The third-order valence-electron chi connectivity index (χ3n) is 5.17. The number of carboxylic acid groups (broad SMARTS) is 1. The van der Waals surface area contributed by atoms with Crippen molar-refractivity contribution in [3.05, 3.63) is 60.2 Å². The minimum absolute atomic E-state index is 0.187. The van der Waals surface area contributed by atoms with E-state index in [0.29, 0.717) is 12.5 Å². The summed E-state index contributed by atoms with van der Waals surface area (Å²) in [5, 5.41) is 9.10. The Morgan fingerprint density at radius 1 is 1.00 bits per heavy atom. The normalized spacial score (nSPS) is 15.0. The molecule has 0 saturated heterocycles. The fourth-order valence-electron chi connectivity index (χ4n) is 3.81. The number of hydrogen-bond acceptors (Lipinski definition) is 3. The van der Waals surface area contributed by atoms with Crippen LogP contribution in [-0.2, 0) is 11.3 Å². The second-order valence-corrected chi connectivity index (χ2v) is 7.45. The average Bonchev–Trinajstić information content (AvgIpc) is 2.68. The molecule has 144 valence electrons. The Bertz CT molecular complexity index is 711. The third-order valence-corrected chi connectivity index (χ3v) is 5.17. The summed E-state index contributed by atoms with van der Waals surface area (Å²) in [5.74, 6) is 1.59. The number of aliphatic carboxylic acids is 1. The summed E-state index contributed by atoms with van der Waals surface area (Å²) < 4.78 is 5.94. The highest BCUT2D eigenvalue weighted by Crippen LogP contribution is 2.26. The molecule has 0 amide bonds. The lowest BCUT2D eigenvalue weighted by Gasteiger charge is -2.29. The Labute approximate surface area is 161 Å². The lowest BCUT2D eigenvalue weighted by molar-refractivity contribution is -0.137. The van der Waals surface area contributed by atoms with Gasteiger partial charge in [-0.1, -0.05) is 49.6 Å². The number of benzene rings is 2. The molecular formula is C23H29NO3. The molecule has 0 radical (unpaired) electrons. The molecule has 1 saturated carbocycles. The maximum Gasteiger partial charge on any atom is 0.304 e. The SMILES string of the molecule is O=C(O)CCN(Cc1cccc(Oc2ccccc2)c1)CC1CCCCC1. The summed E-state index contributed by atoms with van der Waals surface area (Å²) in [6, 6.07) is 17.9. The van der Waals surface area contributed by atoms with Gasteiger partial charge in [0.1, 0.15) is 11.5 Å². The van der Waals surface area contributed by atoms with Crippen molar-refractivity contribution in [3.8, 4) is 11.5 Å². The molecule has 1 N–H and O–H groups in total. The molecule has 3 rings (SSSR count). The van der Waals surface area contributed by atoms with Gasteiger partial charge in [-0.25, -0.2) is 0 Å². The summed E-state index contributed by atoms with van der Waals surface area (Å²) in [5.41, 5.74) is 1.16. The highest BCUT2D eigenvalue weighted by Gasteiger charge is 2.18. The zero-order valence-electron chi connectivity index (χ0n) is 15.8. The zero-order valence-corrected chi connectivity index (χ0v) is 15.8. The minimum atomic E-state index is -0.732. The van der Waals surface area contributed by atoms with Gasteiger partial charge in [0.25, 0.3) is 0 Å². The fraction of sp³-hybridized carbons (Fsp3) is 0.435. The van der Waals surface area contributed by atoms with E-state index in [9.17, 15) is 4.79 Å². The highest BCUT2D eigenvalue weighted by atomic mass is 16.5. The van der Waals surface area contributed by atoms with Crippen molar-refractivity contribution in [1.29, 1.82) is 0 Å². The van der Waals surface area contributed by atoms with Crippen molar-refractivity contribution >= 4 is 5.97 Å². The monoisotopic (exact) mass is 367 g/mol. The van der Waals surface area contributed by atoms with E-state index in [1.165, 1.54) is 32.1 Å². The van der Waals surface area contributed by atoms with Gasteiger partial charge in [-0.3, -0.25) is 9.69 Å². The van der Waals surface area contributed by atoms with Crippen LogP contribution in [0.5, 0.6) is 11.5 Å². The van der Waals surface area contributed by atoms with Gasteiger partial charge in [-0.15, -0.1) is 0 Å². The molecule has 4 heteroatoms. The summed E-state index contributed by atoms with van der Waals surface area (Å²) in [7, 11) is 0. The van der Waals surface area contributed by atoms with E-state index in [4.69, 9.17) is 9.84 Å². The van der Waals surface area contributed by atoms with Crippen LogP contribution in [0, 0.1) is 5.92 Å². The maximum atomic E-state index is 11.1. The van der Waals surface area contributed by atoms with Crippen LogP contribution in [0.4, 0.5) is 0 Å². The highest BCUT2D eigenvalue weighted by molar-refractivity contribution is 5.66. The molecule has 27 heavy (non-hydrogen) atoms. The maximum absolute atomic E-state index is 11.1. The zero-order chi connectivity index (χ0) is 18.9. The van der Waals surface area contributed by atoms with Crippen LogP contribution >= 0.6 is 0 Å². The number of ether oxygens (including phenoxy) is 1. The molecule has 2 aromatic carbocycles. The number of para-hydroxylation sites is 1. The predicted octanol–water partition coefficient (Wildman–Crippen LogP) is 5.34. The summed E-state index contributed by atoms with van der Waals surface area (Å²) in [6.45, 7) is 2.34. The first-order chi connectivity index (χ1) is 13.2. The van der Waals surface area contributed by atoms with Crippen LogP contribution in [0.2, 0.25) is 0 Å². The second kappa shape index (κ2) is 10.1. The van der Waals surface area contributed by atoms with Crippen LogP contribution in [0.15, 0.2) is 54.6 Å². The minimum Gasteiger partial charge on any atom is -0.481 e. The van der Waals surface area contributed by atoms with Crippen LogP contribution in [0.25, 0.3) is 0 Å². The van der Waals surface area contributed by atoms with E-state index < -0.39 is 5.97 Å². The first kappa shape index (κ1) is 19.4. The molecule has 0 atom stereocenters. The van der Waals surface area contributed by atoms with E-state index in [2.05, 4.69) is 17.0 Å². The molecule has 2 aromatic rings. The van der Waals surface area contributed by atoms with Gasteiger partial charge in [0.2, 0.25) is 0 Å². The third kappa shape index (κ3) is 6.72. The Balaban J connectivity index is 1.64. The largest absolute Gasteiger partial charge is 0.481 e. The first-order valence-corrected chi connectivity index (χ1v) is 9.95. The molecule has 0 heterocycles. The smallest absolute Gasteiger partial charge is 0.304 e. The van der Waals surface area contributed by atoms with Gasteiger partial charge in [0.15, 0.2) is 0 Å². The molecule has 4 nitrogen and oxygen atoms in total. The average molecular weight is 367 g/mol. The molecule has 0 unspecified atom stereocenters. The van der Waals surface area contributed by atoms with Gasteiger partial charge in [-0.05, 0) is 48.6 Å². The van der Waals surface area contributed by atoms with Crippen LogP contribution < -0.4 is 4.74 Å². The van der Waals surface area contributed by atoms with Crippen molar-refractivity contribution in [2.24, 2.45) is 5.92 Å². The van der Waals surface area contributed by atoms with Gasteiger partial charge >= 0.3 is 5.97 Å². The van der Waals surface area contributed by atoms with E-state index >= 15 is 0 Å². The van der Waals surface area contributed by atoms with E-state index in [1.54, 1.807) is 0 Å². The van der Waals surface area contributed by atoms with Gasteiger partial charge < -0.3 is 9.84 Å². The second-order valence-electron chi connectivity index (χ2n) is 7.45. The standard InChI is InChI=1S/C23H29NO3/c25-23(26)14-15-24(17-19-8-3-1-4-9-19)18-20-10-7-13-22(16-20)27-21-11-5-2-6-12-21/h2,5-7,10-13,16,19H,1,3-4,8-9,14-15,17-18H2,(H,25,26). The fourth-order valence-corrected chi connectivity index (χ4v) is 3.81. The molecule has 1 aliphatic rings. The molecular weight excluding hydrogens is 338 g/mol. The number of carbonyl (C=O) groups is 1. The summed E-state index contributed by atoms with van der Waals surface area (Å²) in [6.07, 6.45) is 6.66. The summed E-state index contributed by atoms with van der Waals surface area (Å²) >= 11 is 0. The number of carboxylic acids is 1. The van der Waals surface area contributed by atoms with Crippen LogP contribution in [0.3, 0.4) is 0 Å². The van der Waals surface area contributed by atoms with E-state index in [-0.39, 0.29) is 6.42 Å². The van der Waals surface area contributed by atoms with Crippen molar-refractivity contribution in [2.75, 3.05) is 13.1 Å². The lowest BCUT2D eigenvalue weighted by atomic mass is 9.89. The van der Waals surface area contributed by atoms with Gasteiger partial charge in [-0.2, -0.15) is 0 Å². The van der Waals surface area contributed by atoms with Crippen LogP contribution in [0.1, 0.15) is 44.1 Å². The van der Waals surface area contributed by atoms with Crippen molar-refractivity contribution in [3.63, 3.8) is 0 Å². The van der Waals surface area contributed by atoms with E-state index in [1.807, 2.05) is 42.5 Å². The number of rotatable bonds is 9. The molecule has 1 fully saturated rings. The molecule has 1 aliphatic carbocycles. The Morgan fingerprint density at radius 2 is 1.74 bits per heavy atom. The van der Waals surface area contributed by atoms with Crippen molar-refractivity contribution in [2.45, 2.75) is 45.1 Å². The number of hydrogen-bond donors (Lipinski definition) is 1. The lowest BCUT2D eigenvalue weighted by Crippen LogP contribution is -2.32. The predicted molar refractivity (Wildman–Crippen MR) is 107 cm³/mol. The van der Waals surface area contributed by atoms with Gasteiger partial charge in [0, 0.05) is 19.6 Å². The van der Waals surface area contributed by atoms with Crippen molar-refractivity contribution < 1.29 is 14.6 Å². The van der Waals surface area contributed by atoms with Crippen molar-refractivity contribution in [1.82, 2.24) is 4.90 Å². The molecule has 0 bridgehead atoms. The van der Waals surface area contributed by atoms with Crippen LogP contribution in [-0.4, -0.2) is 29.1 Å². The Hall–Kier alpha value is -2.33. The topological polar surface area (TPSA) is 49.8 Å². The van der Waals surface area contributed by atoms with Gasteiger partial charge in [0.05, 0.1) is 6.42 Å². The quantitative estimate of drug-likeness (QED) is 0.650. The van der Waals surface area contributed by atoms with E-state index in [0.717, 1.165) is 30.2 Å². The molecule has 0 spiro atoms.